The molecule has 0 radical (unpaired) electrons. The van der Waals surface area contributed by atoms with Crippen molar-refractivity contribution in [2.24, 2.45) is 0 Å². The Balaban J connectivity index is 1.25. The fourth-order valence-corrected chi connectivity index (χ4v) is 10.5. The van der Waals surface area contributed by atoms with Gasteiger partial charge in [-0.1, -0.05) is 53.7 Å². The van der Waals surface area contributed by atoms with E-state index in [1.807, 2.05) is 77.9 Å². The van der Waals surface area contributed by atoms with Crippen LogP contribution in [0.2, 0.25) is 0 Å². The molecule has 0 N–H and O–H groups in total. The fourth-order valence-electron chi connectivity index (χ4n) is 7.96. The molecule has 0 fully saturated rings. The molecule has 13 heteroatoms. The Morgan fingerprint density at radius 2 is 0.645 bits per heavy atom. The molecular weight excluding hydrogens is 990 g/mol. The molecular formula is C63H60F3O9S+. The molecule has 0 aliphatic carbocycles. The fraction of sp³-hybridized carbons (Fsp3) is 0.286. The predicted molar refractivity (Wildman–Crippen MR) is 287 cm³/mol. The lowest BCUT2D eigenvalue weighted by Gasteiger charge is -2.21. The molecule has 0 atom stereocenters. The van der Waals surface area contributed by atoms with Crippen LogP contribution in [0.4, 0.5) is 13.2 Å². The second-order valence-electron chi connectivity index (χ2n) is 19.6. The van der Waals surface area contributed by atoms with Gasteiger partial charge in [0.25, 0.3) is 0 Å². The normalized spacial score (nSPS) is 11.2. The van der Waals surface area contributed by atoms with Crippen molar-refractivity contribution in [2.75, 3.05) is 19.8 Å². The number of aryl methyl sites for hydroxylation is 6. The Morgan fingerprint density at radius 1 is 0.408 bits per heavy atom. The van der Waals surface area contributed by atoms with Gasteiger partial charge in [-0.3, -0.25) is 0 Å². The van der Waals surface area contributed by atoms with Gasteiger partial charge in [-0.05, 0) is 171 Å². The van der Waals surface area contributed by atoms with Crippen molar-refractivity contribution in [1.82, 2.24) is 0 Å². The Labute approximate surface area is 446 Å². The molecule has 0 spiro atoms. The van der Waals surface area contributed by atoms with Crippen LogP contribution in [-0.2, 0) is 39.5 Å². The van der Waals surface area contributed by atoms with E-state index >= 15 is 0 Å². The number of benzene rings is 6. The first-order chi connectivity index (χ1) is 35.7. The van der Waals surface area contributed by atoms with Crippen molar-refractivity contribution in [2.45, 2.75) is 115 Å². The van der Waals surface area contributed by atoms with Gasteiger partial charge in [0.05, 0.1) is 10.9 Å². The smallest absolute Gasteiger partial charge is 0.345 e. The summed E-state index contributed by atoms with van der Waals surface area (Å²) in [7, 11) is -0.797. The number of ether oxygens (including phenoxy) is 6. The summed E-state index contributed by atoms with van der Waals surface area (Å²) in [4.78, 5) is 42.2. The summed E-state index contributed by atoms with van der Waals surface area (Å²) >= 11 is 0. The summed E-state index contributed by atoms with van der Waals surface area (Å²) in [5, 5.41) is 0. The van der Waals surface area contributed by atoms with Crippen LogP contribution >= 0.6 is 0 Å². The lowest BCUT2D eigenvalue weighted by Crippen LogP contribution is -2.29. The lowest BCUT2D eigenvalue weighted by molar-refractivity contribution is -0.155. The van der Waals surface area contributed by atoms with E-state index in [0.717, 1.165) is 48.1 Å². The van der Waals surface area contributed by atoms with E-state index in [2.05, 4.69) is 35.5 Å². The third-order valence-electron chi connectivity index (χ3n) is 11.1. The Bertz CT molecular complexity index is 2960. The average molecular weight is 1050 g/mol. The molecule has 0 saturated heterocycles. The minimum Gasteiger partial charge on any atom is -0.481 e. The summed E-state index contributed by atoms with van der Waals surface area (Å²) in [6, 6.07) is 29.6. The molecule has 0 amide bonds. The van der Waals surface area contributed by atoms with Crippen LogP contribution in [0, 0.1) is 94.5 Å². The van der Waals surface area contributed by atoms with E-state index in [1.165, 1.54) is 36.4 Å². The number of esters is 3. The van der Waals surface area contributed by atoms with Crippen LogP contribution in [-0.4, -0.2) is 54.5 Å². The maximum atomic E-state index is 13.7. The third-order valence-corrected chi connectivity index (χ3v) is 13.2. The van der Waals surface area contributed by atoms with Gasteiger partial charge in [0, 0.05) is 53.1 Å². The minimum absolute atomic E-state index is 0.391. The summed E-state index contributed by atoms with van der Waals surface area (Å²) in [6.07, 6.45) is 0. The number of hydrogen-bond donors (Lipinski definition) is 0. The Hall–Kier alpha value is -8.05. The van der Waals surface area contributed by atoms with E-state index in [9.17, 15) is 27.6 Å². The standard InChI is InChI=1S/C63H60F3O9S/c1-40-28-52(29-41(2)58(40)70-37-55(67)73-61(7,8)25-22-46-16-13-19-49(64)34-46)76(53-30-42(3)59(43(4)31-53)71-38-56(68)74-62(9,10)26-23-47-17-14-20-50(65)35-47)54-32-44(5)60(45(6)33-54)72-39-57(69)75-63(11,12)27-24-48-18-15-21-51(66)36-48/h13-21,28-36H,37-39H2,1-12H3/q+1. The number of carbonyl (C=O) groups excluding carboxylic acids is 3. The summed E-state index contributed by atoms with van der Waals surface area (Å²) < 4.78 is 76.5. The predicted octanol–water partition coefficient (Wildman–Crippen LogP) is 12.3. The number of halogens is 3. The van der Waals surface area contributed by atoms with Crippen molar-refractivity contribution >= 4 is 28.8 Å². The molecule has 0 unspecified atom stereocenters. The highest BCUT2D eigenvalue weighted by atomic mass is 32.2. The average Bonchev–Trinajstić information content (AvgIpc) is 3.32. The van der Waals surface area contributed by atoms with Gasteiger partial charge in [-0.15, -0.1) is 0 Å². The molecule has 0 saturated carbocycles. The van der Waals surface area contributed by atoms with E-state index < -0.39 is 82.9 Å². The van der Waals surface area contributed by atoms with Crippen LogP contribution in [0.25, 0.3) is 0 Å². The SMILES string of the molecule is Cc1cc([S+](c2cc(C)c(OCC(=O)OC(C)(C)C#Cc3cccc(F)c3)c(C)c2)c2cc(C)c(OCC(=O)OC(C)(C)C#Cc3cccc(F)c3)c(C)c2)cc(C)c1OCC(=O)OC(C)(C)C#Cc1cccc(F)c1. The van der Waals surface area contributed by atoms with Gasteiger partial charge in [0.15, 0.2) is 51.3 Å². The molecule has 0 aromatic heterocycles. The molecule has 392 valence electrons. The van der Waals surface area contributed by atoms with Crippen molar-refractivity contribution in [3.05, 3.63) is 177 Å². The third kappa shape index (κ3) is 16.5. The molecule has 0 aliphatic heterocycles. The quantitative estimate of drug-likeness (QED) is 0.0430. The molecule has 0 bridgehead atoms. The van der Waals surface area contributed by atoms with Crippen molar-refractivity contribution in [3.8, 4) is 52.8 Å². The lowest BCUT2D eigenvalue weighted by atomic mass is 10.1. The highest BCUT2D eigenvalue weighted by Gasteiger charge is 2.34. The van der Waals surface area contributed by atoms with Crippen LogP contribution in [0.5, 0.6) is 17.2 Å². The van der Waals surface area contributed by atoms with Gasteiger partial charge in [-0.2, -0.15) is 0 Å². The van der Waals surface area contributed by atoms with Gasteiger partial charge in [0.1, 0.15) is 34.7 Å². The van der Waals surface area contributed by atoms with Crippen LogP contribution < -0.4 is 14.2 Å². The summed E-state index contributed by atoms with van der Waals surface area (Å²) in [6.45, 7) is 20.1. The van der Waals surface area contributed by atoms with E-state index in [-0.39, 0.29) is 0 Å². The molecule has 76 heavy (non-hydrogen) atoms. The number of hydrogen-bond acceptors (Lipinski definition) is 9. The molecule has 6 rings (SSSR count). The monoisotopic (exact) mass is 1050 g/mol. The van der Waals surface area contributed by atoms with Crippen molar-refractivity contribution < 1.29 is 56.0 Å². The van der Waals surface area contributed by atoms with Crippen molar-refractivity contribution in [1.29, 1.82) is 0 Å². The van der Waals surface area contributed by atoms with Crippen molar-refractivity contribution in [3.63, 3.8) is 0 Å². The van der Waals surface area contributed by atoms with Crippen LogP contribution in [0.3, 0.4) is 0 Å². The van der Waals surface area contributed by atoms with Gasteiger partial charge < -0.3 is 28.4 Å². The zero-order valence-electron chi connectivity index (χ0n) is 44.7. The van der Waals surface area contributed by atoms with Crippen LogP contribution in [0.15, 0.2) is 124 Å². The highest BCUT2D eigenvalue weighted by Crippen LogP contribution is 2.40. The first-order valence-corrected chi connectivity index (χ1v) is 25.5. The number of carbonyl (C=O) groups is 3. The number of rotatable bonds is 15. The van der Waals surface area contributed by atoms with Gasteiger partial charge >= 0.3 is 17.9 Å². The molecule has 0 heterocycles. The zero-order valence-corrected chi connectivity index (χ0v) is 45.5. The molecule has 9 nitrogen and oxygen atoms in total. The Morgan fingerprint density at radius 3 is 0.868 bits per heavy atom. The first kappa shape index (κ1) is 57.2. The van der Waals surface area contributed by atoms with Crippen LogP contribution in [0.1, 0.15) is 91.6 Å². The second kappa shape index (κ2) is 24.5. The molecule has 0 aliphatic rings. The molecule has 6 aromatic rings. The van der Waals surface area contributed by atoms with E-state index in [0.29, 0.717) is 33.9 Å². The van der Waals surface area contributed by atoms with E-state index in [1.54, 1.807) is 77.9 Å². The summed E-state index contributed by atoms with van der Waals surface area (Å²) in [5.74, 6) is 15.6. The highest BCUT2D eigenvalue weighted by molar-refractivity contribution is 7.97. The first-order valence-electron chi connectivity index (χ1n) is 24.2. The summed E-state index contributed by atoms with van der Waals surface area (Å²) in [5.41, 5.74) is 2.34. The van der Waals surface area contributed by atoms with Gasteiger partial charge in [-0.25, -0.2) is 27.6 Å². The topological polar surface area (TPSA) is 107 Å². The Kier molecular flexibility index (Phi) is 18.5. The maximum absolute atomic E-state index is 13.7. The molecule has 6 aromatic carbocycles. The van der Waals surface area contributed by atoms with Gasteiger partial charge in [0.2, 0.25) is 0 Å². The zero-order chi connectivity index (χ0) is 55.5. The second-order valence-corrected chi connectivity index (χ2v) is 21.6. The minimum atomic E-state index is -1.19. The largest absolute Gasteiger partial charge is 0.481 e. The maximum Gasteiger partial charge on any atom is 0.345 e. The van der Waals surface area contributed by atoms with E-state index in [4.69, 9.17) is 28.4 Å².